The van der Waals surface area contributed by atoms with Gasteiger partial charge in [-0.2, -0.15) is 36.3 Å². The summed E-state index contributed by atoms with van der Waals surface area (Å²) in [5.41, 5.74) is -2.90. The number of imidazole rings is 1. The minimum Gasteiger partial charge on any atom is -0.338 e. The van der Waals surface area contributed by atoms with Crippen molar-refractivity contribution >= 4 is 34.3 Å². The second-order valence-corrected chi connectivity index (χ2v) is 5.80. The van der Waals surface area contributed by atoms with E-state index in [-0.39, 0.29) is 22.7 Å². The number of aryl methyl sites for hydroxylation is 1. The van der Waals surface area contributed by atoms with Gasteiger partial charge in [-0.25, -0.2) is 4.98 Å². The molecule has 0 saturated carbocycles. The van der Waals surface area contributed by atoms with E-state index in [1.54, 1.807) is 11.5 Å². The molecule has 0 fully saturated rings. The number of fused-ring (bicyclic) bond motifs is 1. The third kappa shape index (κ3) is 3.92. The van der Waals surface area contributed by atoms with E-state index in [2.05, 4.69) is 20.3 Å². The van der Waals surface area contributed by atoms with E-state index in [4.69, 9.17) is 11.6 Å². The number of hydrogen-bond donors (Lipinski definition) is 1. The Morgan fingerprint density at radius 2 is 1.59 bits per heavy atom. The highest BCUT2D eigenvalue weighted by Crippen LogP contribution is 2.38. The van der Waals surface area contributed by atoms with Crippen LogP contribution in [0.1, 0.15) is 18.1 Å². The predicted octanol–water partition coefficient (Wildman–Crippen LogP) is 5.28. The van der Waals surface area contributed by atoms with Crippen LogP contribution in [0.3, 0.4) is 0 Å². The summed E-state index contributed by atoms with van der Waals surface area (Å²) >= 11 is 5.82. The molecule has 5 nitrogen and oxygen atoms in total. The normalized spacial score (nSPS) is 12.6. The fraction of sp³-hybridized carbons (Fsp3) is 0.267. The molecule has 1 aromatic carbocycles. The SMILES string of the molecule is CCn1cnc2c(Nc3cc(C(F)(F)F)cc(C(F)(F)F)c3)nc(Cl)nc21. The molecule has 2 aromatic heterocycles. The van der Waals surface area contributed by atoms with Crippen LogP contribution in [-0.4, -0.2) is 19.5 Å². The molecule has 0 aliphatic heterocycles. The summed E-state index contributed by atoms with van der Waals surface area (Å²) in [6, 6.07) is 1.14. The van der Waals surface area contributed by atoms with Crippen LogP contribution in [0.25, 0.3) is 11.2 Å². The highest BCUT2D eigenvalue weighted by atomic mass is 35.5. The number of halogens is 7. The molecule has 0 aliphatic carbocycles. The van der Waals surface area contributed by atoms with Gasteiger partial charge in [0, 0.05) is 12.2 Å². The highest BCUT2D eigenvalue weighted by Gasteiger charge is 2.37. The average molecular weight is 410 g/mol. The quantitative estimate of drug-likeness (QED) is 0.472. The Balaban J connectivity index is 2.13. The number of benzene rings is 1. The van der Waals surface area contributed by atoms with Gasteiger partial charge in [-0.1, -0.05) is 0 Å². The Kier molecular flexibility index (Phi) is 4.66. The van der Waals surface area contributed by atoms with Gasteiger partial charge in [-0.15, -0.1) is 0 Å². The smallest absolute Gasteiger partial charge is 0.338 e. The maximum Gasteiger partial charge on any atom is 0.416 e. The van der Waals surface area contributed by atoms with Crippen molar-refractivity contribution in [2.45, 2.75) is 25.8 Å². The van der Waals surface area contributed by atoms with Crippen molar-refractivity contribution in [2.75, 3.05) is 5.32 Å². The fourth-order valence-electron chi connectivity index (χ4n) is 2.40. The Bertz CT molecular complexity index is 963. The van der Waals surface area contributed by atoms with Crippen molar-refractivity contribution in [1.29, 1.82) is 0 Å². The molecule has 0 saturated heterocycles. The number of nitrogens with one attached hydrogen (secondary N) is 1. The molecule has 0 unspecified atom stereocenters. The number of hydrogen-bond acceptors (Lipinski definition) is 4. The van der Waals surface area contributed by atoms with Gasteiger partial charge in [0.25, 0.3) is 0 Å². The van der Waals surface area contributed by atoms with Crippen molar-refractivity contribution in [1.82, 2.24) is 19.5 Å². The first-order valence-corrected chi connectivity index (χ1v) is 7.81. The first-order valence-electron chi connectivity index (χ1n) is 7.44. The molecule has 0 amide bonds. The molecule has 3 aromatic rings. The van der Waals surface area contributed by atoms with Crippen LogP contribution in [-0.2, 0) is 18.9 Å². The number of aromatic nitrogens is 4. The molecular weight excluding hydrogens is 400 g/mol. The summed E-state index contributed by atoms with van der Waals surface area (Å²) in [7, 11) is 0. The fourth-order valence-corrected chi connectivity index (χ4v) is 2.56. The van der Waals surface area contributed by atoms with E-state index < -0.39 is 29.2 Å². The van der Waals surface area contributed by atoms with E-state index in [1.165, 1.54) is 6.33 Å². The first-order chi connectivity index (χ1) is 12.5. The molecule has 0 atom stereocenters. The summed E-state index contributed by atoms with van der Waals surface area (Å²) in [5.74, 6) is -0.107. The number of rotatable bonds is 3. The van der Waals surface area contributed by atoms with Gasteiger partial charge in [0.1, 0.15) is 0 Å². The monoisotopic (exact) mass is 409 g/mol. The van der Waals surface area contributed by atoms with Gasteiger partial charge in [0.2, 0.25) is 5.28 Å². The third-order valence-corrected chi connectivity index (χ3v) is 3.80. The van der Waals surface area contributed by atoms with Crippen LogP contribution < -0.4 is 5.32 Å². The van der Waals surface area contributed by atoms with Crippen molar-refractivity contribution in [3.05, 3.63) is 40.9 Å². The summed E-state index contributed by atoms with van der Waals surface area (Å²) in [6.07, 6.45) is -8.51. The van der Waals surface area contributed by atoms with E-state index in [0.717, 1.165) is 0 Å². The molecule has 0 radical (unpaired) electrons. The second-order valence-electron chi connectivity index (χ2n) is 5.46. The zero-order valence-electron chi connectivity index (χ0n) is 13.5. The number of alkyl halides is 6. The van der Waals surface area contributed by atoms with Gasteiger partial charge < -0.3 is 9.88 Å². The molecular formula is C15H10ClF6N5. The van der Waals surface area contributed by atoms with Crippen LogP contribution in [0.2, 0.25) is 5.28 Å². The van der Waals surface area contributed by atoms with E-state index in [9.17, 15) is 26.3 Å². The molecule has 2 heterocycles. The van der Waals surface area contributed by atoms with Crippen LogP contribution in [0, 0.1) is 0 Å². The average Bonchev–Trinajstić information content (AvgIpc) is 2.96. The molecule has 1 N–H and O–H groups in total. The summed E-state index contributed by atoms with van der Waals surface area (Å²) < 4.78 is 79.5. The van der Waals surface area contributed by atoms with E-state index in [1.807, 2.05) is 0 Å². The lowest BCUT2D eigenvalue weighted by Crippen LogP contribution is -2.12. The van der Waals surface area contributed by atoms with Gasteiger partial charge in [-0.3, -0.25) is 0 Å². The molecule has 27 heavy (non-hydrogen) atoms. The van der Waals surface area contributed by atoms with Crippen molar-refractivity contribution in [3.63, 3.8) is 0 Å². The maximum absolute atomic E-state index is 13.0. The van der Waals surface area contributed by atoms with Gasteiger partial charge in [-0.05, 0) is 36.7 Å². The van der Waals surface area contributed by atoms with Gasteiger partial charge in [0.05, 0.1) is 17.5 Å². The van der Waals surface area contributed by atoms with E-state index >= 15 is 0 Å². The van der Waals surface area contributed by atoms with Crippen LogP contribution in [0.15, 0.2) is 24.5 Å². The summed E-state index contributed by atoms with van der Waals surface area (Å²) in [6.45, 7) is 2.28. The molecule has 144 valence electrons. The molecule has 0 spiro atoms. The Morgan fingerprint density at radius 1 is 1.00 bits per heavy atom. The zero-order chi connectivity index (χ0) is 20.0. The third-order valence-electron chi connectivity index (χ3n) is 3.63. The number of nitrogens with zero attached hydrogens (tertiary/aromatic N) is 4. The molecule has 0 bridgehead atoms. The van der Waals surface area contributed by atoms with Crippen molar-refractivity contribution in [2.24, 2.45) is 0 Å². The molecule has 3 rings (SSSR count). The summed E-state index contributed by atoms with van der Waals surface area (Å²) in [4.78, 5) is 11.9. The van der Waals surface area contributed by atoms with Crippen molar-refractivity contribution in [3.8, 4) is 0 Å². The molecule has 0 aliphatic rings. The highest BCUT2D eigenvalue weighted by molar-refractivity contribution is 6.28. The predicted molar refractivity (Wildman–Crippen MR) is 85.7 cm³/mol. The lowest BCUT2D eigenvalue weighted by molar-refractivity contribution is -0.143. The van der Waals surface area contributed by atoms with Crippen LogP contribution in [0.5, 0.6) is 0 Å². The second kappa shape index (κ2) is 6.55. The van der Waals surface area contributed by atoms with E-state index in [0.29, 0.717) is 24.3 Å². The van der Waals surface area contributed by atoms with Crippen molar-refractivity contribution < 1.29 is 26.3 Å². The number of anilines is 2. The maximum atomic E-state index is 13.0. The Morgan fingerprint density at radius 3 is 2.11 bits per heavy atom. The van der Waals surface area contributed by atoms with Crippen LogP contribution >= 0.6 is 11.6 Å². The zero-order valence-corrected chi connectivity index (χ0v) is 14.2. The Labute approximate surface area is 153 Å². The lowest BCUT2D eigenvalue weighted by atomic mass is 10.1. The minimum atomic E-state index is -4.96. The standard InChI is InChI=1S/C15H10ClF6N5/c1-2-27-6-23-10-11(25-13(16)26-12(10)27)24-9-4-7(14(17,18)19)3-8(5-9)15(20,21)22/h3-6H,2H2,1H3,(H,24,25,26). The largest absolute Gasteiger partial charge is 0.416 e. The Hall–Kier alpha value is -2.56. The summed E-state index contributed by atoms with van der Waals surface area (Å²) in [5, 5.41) is 2.21. The lowest BCUT2D eigenvalue weighted by Gasteiger charge is -2.15. The van der Waals surface area contributed by atoms with Gasteiger partial charge in [0.15, 0.2) is 17.0 Å². The van der Waals surface area contributed by atoms with Crippen LogP contribution in [0.4, 0.5) is 37.8 Å². The van der Waals surface area contributed by atoms with Gasteiger partial charge >= 0.3 is 12.4 Å². The minimum absolute atomic E-state index is 0.0412. The first kappa shape index (κ1) is 19.2. The molecule has 12 heteroatoms. The topological polar surface area (TPSA) is 55.6 Å².